The summed E-state index contributed by atoms with van der Waals surface area (Å²) < 4.78 is 6.07. The van der Waals surface area contributed by atoms with Crippen LogP contribution in [-0.4, -0.2) is 49.3 Å². The highest BCUT2D eigenvalue weighted by Crippen LogP contribution is 2.44. The number of rotatable bonds is 6. The fourth-order valence-corrected chi connectivity index (χ4v) is 5.24. The molecule has 1 unspecified atom stereocenters. The van der Waals surface area contributed by atoms with Crippen LogP contribution in [0.3, 0.4) is 0 Å². The molecule has 2 aliphatic heterocycles. The summed E-state index contributed by atoms with van der Waals surface area (Å²) in [7, 11) is 0. The monoisotopic (exact) mass is 397 g/mol. The third-order valence-corrected chi connectivity index (χ3v) is 6.59. The predicted molar refractivity (Wildman–Crippen MR) is 110 cm³/mol. The third-order valence-electron chi connectivity index (χ3n) is 5.33. The number of aliphatic carboxylic acids is 1. The van der Waals surface area contributed by atoms with Gasteiger partial charge in [-0.05, 0) is 22.8 Å². The van der Waals surface area contributed by atoms with Gasteiger partial charge in [0.1, 0.15) is 12.4 Å². The molecule has 1 atom stereocenters. The first kappa shape index (κ1) is 19.3. The van der Waals surface area contributed by atoms with Crippen LogP contribution in [0.25, 0.3) is 0 Å². The van der Waals surface area contributed by atoms with Crippen LogP contribution in [0.2, 0.25) is 0 Å². The summed E-state index contributed by atoms with van der Waals surface area (Å²) in [4.78, 5) is 13.6. The molecule has 2 heterocycles. The number of nitrogens with one attached hydrogen (secondary N) is 1. The van der Waals surface area contributed by atoms with Crippen molar-refractivity contribution >= 4 is 17.7 Å². The van der Waals surface area contributed by atoms with E-state index in [4.69, 9.17) is 4.74 Å². The number of fused-ring (bicyclic) bond motifs is 2. The van der Waals surface area contributed by atoms with Crippen LogP contribution in [0.5, 0.6) is 5.75 Å². The van der Waals surface area contributed by atoms with Gasteiger partial charge in [0, 0.05) is 56.4 Å². The quantitative estimate of drug-likeness (QED) is 0.799. The fraction of sp³-hybridized carbons (Fsp3) is 0.409. The van der Waals surface area contributed by atoms with E-state index in [9.17, 15) is 9.90 Å². The lowest BCUT2D eigenvalue weighted by molar-refractivity contribution is -0.304. The summed E-state index contributed by atoms with van der Waals surface area (Å²) in [5, 5.41) is 14.6. The predicted octanol–water partition coefficient (Wildman–Crippen LogP) is 1.60. The van der Waals surface area contributed by atoms with Crippen molar-refractivity contribution in [2.75, 3.05) is 38.5 Å². The maximum Gasteiger partial charge on any atom is 0.124 e. The third kappa shape index (κ3) is 4.51. The Morgan fingerprint density at radius 1 is 1.18 bits per heavy atom. The number of carbonyl (C=O) groups excluding carboxylic acids is 1. The van der Waals surface area contributed by atoms with Crippen LogP contribution in [0.15, 0.2) is 42.5 Å². The van der Waals surface area contributed by atoms with Crippen molar-refractivity contribution in [2.45, 2.75) is 18.3 Å². The molecule has 0 aliphatic carbocycles. The molecule has 0 radical (unpaired) electrons. The summed E-state index contributed by atoms with van der Waals surface area (Å²) >= 11 is 1.91. The van der Waals surface area contributed by atoms with E-state index in [1.54, 1.807) is 0 Å². The number of thioether (sulfide) groups is 1. The van der Waals surface area contributed by atoms with Crippen LogP contribution < -0.4 is 15.2 Å². The Bertz CT molecular complexity index is 836. The molecule has 2 aliphatic rings. The lowest BCUT2D eigenvalue weighted by Crippen LogP contribution is -2.44. The minimum atomic E-state index is -1.06. The molecule has 148 valence electrons. The van der Waals surface area contributed by atoms with E-state index in [1.807, 2.05) is 36.0 Å². The summed E-state index contributed by atoms with van der Waals surface area (Å²) in [6.07, 6.45) is -0.0763. The van der Waals surface area contributed by atoms with Crippen LogP contribution in [0, 0.1) is 0 Å². The van der Waals surface area contributed by atoms with Crippen molar-refractivity contribution in [3.05, 3.63) is 64.7 Å². The molecule has 4 rings (SSSR count). The Hall–Kier alpha value is -2.02. The summed E-state index contributed by atoms with van der Waals surface area (Å²) in [5.74, 6) is 0.805. The zero-order valence-electron chi connectivity index (χ0n) is 15.9. The van der Waals surface area contributed by atoms with Crippen LogP contribution in [0.4, 0.5) is 0 Å². The van der Waals surface area contributed by atoms with Crippen LogP contribution in [0.1, 0.15) is 27.5 Å². The number of hydrogen-bond acceptors (Lipinski definition) is 6. The van der Waals surface area contributed by atoms with Gasteiger partial charge in [0.2, 0.25) is 0 Å². The average molecular weight is 398 g/mol. The van der Waals surface area contributed by atoms with Crippen molar-refractivity contribution in [1.29, 1.82) is 0 Å². The van der Waals surface area contributed by atoms with Crippen molar-refractivity contribution in [1.82, 2.24) is 10.2 Å². The highest BCUT2D eigenvalue weighted by Gasteiger charge is 2.25. The Labute approximate surface area is 170 Å². The fourth-order valence-electron chi connectivity index (χ4n) is 3.87. The van der Waals surface area contributed by atoms with Gasteiger partial charge in [-0.3, -0.25) is 4.90 Å². The van der Waals surface area contributed by atoms with E-state index >= 15 is 0 Å². The zero-order valence-corrected chi connectivity index (χ0v) is 16.7. The van der Waals surface area contributed by atoms with E-state index in [-0.39, 0.29) is 11.7 Å². The van der Waals surface area contributed by atoms with Crippen LogP contribution >= 0.6 is 11.8 Å². The van der Waals surface area contributed by atoms with Gasteiger partial charge >= 0.3 is 0 Å². The molecule has 5 nitrogen and oxygen atoms in total. The zero-order chi connectivity index (χ0) is 19.3. The van der Waals surface area contributed by atoms with Crippen LogP contribution in [-0.2, 0) is 17.8 Å². The SMILES string of the molecule is O=C([O-])Cc1ccc2c(c1)C(SCCN1CCNCC1)c1ccccc1CO2. The molecule has 1 fully saturated rings. The first-order valence-electron chi connectivity index (χ1n) is 9.78. The number of carboxylic acids is 1. The topological polar surface area (TPSA) is 64.6 Å². The molecule has 0 bridgehead atoms. The molecule has 0 aromatic heterocycles. The Morgan fingerprint density at radius 2 is 2.00 bits per heavy atom. The maximum absolute atomic E-state index is 11.1. The second kappa shape index (κ2) is 8.99. The second-order valence-electron chi connectivity index (χ2n) is 7.25. The van der Waals surface area contributed by atoms with Gasteiger partial charge in [0.15, 0.2) is 0 Å². The lowest BCUT2D eigenvalue weighted by atomic mass is 9.98. The van der Waals surface area contributed by atoms with Gasteiger partial charge in [0.05, 0.1) is 5.25 Å². The summed E-state index contributed by atoms with van der Waals surface area (Å²) in [6.45, 7) is 5.90. The number of carboxylic acid groups (broad SMARTS) is 1. The molecule has 28 heavy (non-hydrogen) atoms. The summed E-state index contributed by atoms with van der Waals surface area (Å²) in [5.41, 5.74) is 4.28. The van der Waals surface area contributed by atoms with Crippen molar-refractivity contribution < 1.29 is 14.6 Å². The van der Waals surface area contributed by atoms with Gasteiger partial charge in [0.25, 0.3) is 0 Å². The van der Waals surface area contributed by atoms with Gasteiger partial charge in [-0.25, -0.2) is 0 Å². The average Bonchev–Trinajstić information content (AvgIpc) is 2.86. The highest BCUT2D eigenvalue weighted by atomic mass is 32.2. The number of carbonyl (C=O) groups is 1. The minimum absolute atomic E-state index is 0.0763. The summed E-state index contributed by atoms with van der Waals surface area (Å²) in [6, 6.07) is 14.1. The molecular weight excluding hydrogens is 372 g/mol. The lowest BCUT2D eigenvalue weighted by Gasteiger charge is -2.28. The second-order valence-corrected chi connectivity index (χ2v) is 8.46. The molecule has 2 aromatic carbocycles. The number of hydrogen-bond donors (Lipinski definition) is 1. The number of ether oxygens (including phenoxy) is 1. The van der Waals surface area contributed by atoms with E-state index < -0.39 is 5.97 Å². The van der Waals surface area contributed by atoms with E-state index in [0.29, 0.717) is 6.61 Å². The Kier molecular flexibility index (Phi) is 6.20. The molecule has 1 saturated heterocycles. The molecular formula is C22H25N2O3S-. The first-order valence-corrected chi connectivity index (χ1v) is 10.8. The Morgan fingerprint density at radius 3 is 2.82 bits per heavy atom. The standard InChI is InChI=1S/C22H26N2O3S/c25-21(26)14-16-5-6-20-19(13-16)22(18-4-2-1-3-17(18)15-27-20)28-12-11-24-9-7-23-8-10-24/h1-6,13,22-23H,7-12,14-15H2,(H,25,26)/p-1. The largest absolute Gasteiger partial charge is 0.550 e. The normalized spacial score (nSPS) is 19.2. The maximum atomic E-state index is 11.1. The molecule has 1 N–H and O–H groups in total. The number of benzene rings is 2. The van der Waals surface area contributed by atoms with E-state index in [2.05, 4.69) is 28.4 Å². The smallest absolute Gasteiger partial charge is 0.124 e. The number of nitrogens with zero attached hydrogens (tertiary/aromatic N) is 1. The molecule has 0 amide bonds. The van der Waals surface area contributed by atoms with Crippen molar-refractivity contribution in [2.24, 2.45) is 0 Å². The first-order chi connectivity index (χ1) is 13.7. The highest BCUT2D eigenvalue weighted by molar-refractivity contribution is 7.99. The number of piperazine rings is 1. The molecule has 0 spiro atoms. The van der Waals surface area contributed by atoms with Crippen molar-refractivity contribution in [3.8, 4) is 5.75 Å². The van der Waals surface area contributed by atoms with Gasteiger partial charge < -0.3 is 20.0 Å². The Balaban J connectivity index is 1.59. The molecule has 0 saturated carbocycles. The van der Waals surface area contributed by atoms with Gasteiger partial charge in [-0.2, -0.15) is 0 Å². The molecule has 6 heteroatoms. The van der Waals surface area contributed by atoms with Crippen molar-refractivity contribution in [3.63, 3.8) is 0 Å². The van der Waals surface area contributed by atoms with Gasteiger partial charge in [-0.1, -0.05) is 36.4 Å². The van der Waals surface area contributed by atoms with E-state index in [0.717, 1.165) is 55.4 Å². The van der Waals surface area contributed by atoms with Gasteiger partial charge in [-0.15, -0.1) is 11.8 Å². The molecule has 2 aromatic rings. The van der Waals surface area contributed by atoms with E-state index in [1.165, 1.54) is 11.1 Å². The minimum Gasteiger partial charge on any atom is -0.550 e.